The molecule has 0 bridgehead atoms. The lowest BCUT2D eigenvalue weighted by Crippen LogP contribution is -1.99. The number of hydrogen-bond acceptors (Lipinski definition) is 3. The second kappa shape index (κ2) is 6.91. The minimum atomic E-state index is 0.249. The van der Waals surface area contributed by atoms with Crippen LogP contribution in [0.5, 0.6) is 11.5 Å². The lowest BCUT2D eigenvalue weighted by Gasteiger charge is -2.13. The van der Waals surface area contributed by atoms with Crippen LogP contribution in [0.25, 0.3) is 0 Å². The summed E-state index contributed by atoms with van der Waals surface area (Å²) in [4.78, 5) is 0. The first kappa shape index (κ1) is 15.8. The van der Waals surface area contributed by atoms with E-state index < -0.39 is 0 Å². The maximum Gasteiger partial charge on any atom is 0.180 e. The molecule has 3 nitrogen and oxygen atoms in total. The Morgan fingerprint density at radius 2 is 1.81 bits per heavy atom. The van der Waals surface area contributed by atoms with Crippen molar-refractivity contribution < 1.29 is 9.47 Å². The van der Waals surface area contributed by atoms with E-state index in [-0.39, 0.29) is 6.61 Å². The van der Waals surface area contributed by atoms with Crippen molar-refractivity contribution in [3.05, 3.63) is 56.5 Å². The number of rotatable bonds is 4. The normalized spacial score (nSPS) is 10.0. The van der Waals surface area contributed by atoms with E-state index in [1.165, 1.54) is 13.2 Å². The molecule has 0 atom stereocenters. The van der Waals surface area contributed by atoms with Crippen molar-refractivity contribution in [2.75, 3.05) is 7.11 Å². The van der Waals surface area contributed by atoms with E-state index in [2.05, 4.69) is 0 Å². The summed E-state index contributed by atoms with van der Waals surface area (Å²) < 4.78 is 10.9. The largest absolute Gasteiger partial charge is 0.493 e. The quantitative estimate of drug-likeness (QED) is 0.775. The summed E-state index contributed by atoms with van der Waals surface area (Å²) in [5, 5.41) is 10.2. The van der Waals surface area contributed by atoms with Crippen LogP contribution >= 0.6 is 34.8 Å². The van der Waals surface area contributed by atoms with Crippen molar-refractivity contribution >= 4 is 34.8 Å². The number of halogens is 3. The third-order valence-electron chi connectivity index (χ3n) is 2.73. The summed E-state index contributed by atoms with van der Waals surface area (Å²) in [7, 11) is 1.48. The highest BCUT2D eigenvalue weighted by atomic mass is 35.5. The van der Waals surface area contributed by atoms with Crippen LogP contribution in [0.4, 0.5) is 0 Å². The fraction of sp³-hybridized carbons (Fsp3) is 0.133. The molecule has 0 aliphatic rings. The molecule has 0 unspecified atom stereocenters. The minimum absolute atomic E-state index is 0.249. The molecule has 0 aromatic heterocycles. The van der Waals surface area contributed by atoms with Crippen molar-refractivity contribution in [3.63, 3.8) is 0 Å². The highest BCUT2D eigenvalue weighted by Gasteiger charge is 2.12. The van der Waals surface area contributed by atoms with Gasteiger partial charge in [-0.15, -0.1) is 0 Å². The van der Waals surface area contributed by atoms with Crippen molar-refractivity contribution in [2.24, 2.45) is 0 Å². The lowest BCUT2D eigenvalue weighted by molar-refractivity contribution is 0.284. The summed E-state index contributed by atoms with van der Waals surface area (Å²) in [5.41, 5.74) is 1.24. The van der Waals surface area contributed by atoms with Gasteiger partial charge in [0.25, 0.3) is 0 Å². The third kappa shape index (κ3) is 3.74. The van der Waals surface area contributed by atoms with Crippen LogP contribution in [0.3, 0.4) is 0 Å². The van der Waals surface area contributed by atoms with Crippen LogP contribution in [0.15, 0.2) is 30.3 Å². The van der Waals surface area contributed by atoms with Gasteiger partial charge in [-0.3, -0.25) is 0 Å². The second-order valence-corrected chi connectivity index (χ2v) is 5.36. The van der Waals surface area contributed by atoms with E-state index >= 15 is 0 Å². The first-order valence-electron chi connectivity index (χ1n) is 5.89. The molecule has 0 aliphatic carbocycles. The average molecular weight is 343 g/mol. The van der Waals surface area contributed by atoms with Gasteiger partial charge in [0.05, 0.1) is 33.8 Å². The Labute approximate surface area is 137 Å². The molecule has 21 heavy (non-hydrogen) atoms. The van der Waals surface area contributed by atoms with Crippen molar-refractivity contribution in [2.45, 2.75) is 6.61 Å². The molecule has 0 N–H and O–H groups in total. The van der Waals surface area contributed by atoms with Gasteiger partial charge in [0.15, 0.2) is 11.5 Å². The SMILES string of the molecule is COc1cc(C#N)cc(Cl)c1OCc1ccc(Cl)c(Cl)c1. The van der Waals surface area contributed by atoms with E-state index in [1.807, 2.05) is 6.07 Å². The van der Waals surface area contributed by atoms with Crippen LogP contribution in [0.1, 0.15) is 11.1 Å². The zero-order chi connectivity index (χ0) is 15.4. The Bertz CT molecular complexity index is 711. The molecule has 0 heterocycles. The van der Waals surface area contributed by atoms with Gasteiger partial charge >= 0.3 is 0 Å². The zero-order valence-electron chi connectivity index (χ0n) is 11.0. The van der Waals surface area contributed by atoms with Gasteiger partial charge in [-0.05, 0) is 23.8 Å². The smallest absolute Gasteiger partial charge is 0.180 e. The Morgan fingerprint density at radius 3 is 2.43 bits per heavy atom. The minimum Gasteiger partial charge on any atom is -0.493 e. The van der Waals surface area contributed by atoms with Crippen LogP contribution in [-0.2, 0) is 6.61 Å². The standard InChI is InChI=1S/C15H10Cl3NO2/c1-20-14-6-10(7-19)5-13(18)15(14)21-8-9-2-3-11(16)12(17)4-9/h2-6H,8H2,1H3. The molecule has 0 radical (unpaired) electrons. The summed E-state index contributed by atoms with van der Waals surface area (Å²) in [6.45, 7) is 0.249. The third-order valence-corrected chi connectivity index (χ3v) is 3.75. The van der Waals surface area contributed by atoms with Crippen molar-refractivity contribution in [3.8, 4) is 17.6 Å². The van der Waals surface area contributed by atoms with E-state index in [0.29, 0.717) is 32.1 Å². The monoisotopic (exact) mass is 341 g/mol. The Hall–Kier alpha value is -1.60. The first-order valence-corrected chi connectivity index (χ1v) is 7.03. The highest BCUT2D eigenvalue weighted by Crippen LogP contribution is 2.37. The number of hydrogen-bond donors (Lipinski definition) is 0. The predicted molar refractivity (Wildman–Crippen MR) is 83.5 cm³/mol. The molecule has 2 aromatic rings. The number of benzene rings is 2. The number of nitriles is 1. The van der Waals surface area contributed by atoms with Crippen LogP contribution < -0.4 is 9.47 Å². The molecule has 2 rings (SSSR count). The van der Waals surface area contributed by atoms with Crippen LogP contribution in [-0.4, -0.2) is 7.11 Å². The van der Waals surface area contributed by atoms with E-state index in [9.17, 15) is 0 Å². The van der Waals surface area contributed by atoms with Gasteiger partial charge < -0.3 is 9.47 Å². The van der Waals surface area contributed by atoms with E-state index in [0.717, 1.165) is 5.56 Å². The Morgan fingerprint density at radius 1 is 1.05 bits per heavy atom. The zero-order valence-corrected chi connectivity index (χ0v) is 13.3. The number of nitrogens with zero attached hydrogens (tertiary/aromatic N) is 1. The molecule has 0 amide bonds. The molecule has 0 saturated heterocycles. The molecule has 108 valence electrons. The fourth-order valence-electron chi connectivity index (χ4n) is 1.71. The van der Waals surface area contributed by atoms with Gasteiger partial charge in [0, 0.05) is 6.07 Å². The second-order valence-electron chi connectivity index (χ2n) is 4.14. The molecule has 0 fully saturated rings. The molecule has 0 saturated carbocycles. The summed E-state index contributed by atoms with van der Waals surface area (Å²) >= 11 is 17.9. The maximum absolute atomic E-state index is 8.91. The fourth-order valence-corrected chi connectivity index (χ4v) is 2.30. The van der Waals surface area contributed by atoms with Crippen LogP contribution in [0.2, 0.25) is 15.1 Å². The lowest BCUT2D eigenvalue weighted by atomic mass is 10.2. The van der Waals surface area contributed by atoms with Gasteiger partial charge in [-0.25, -0.2) is 0 Å². The summed E-state index contributed by atoms with van der Waals surface area (Å²) in [6, 6.07) is 10.3. The number of ether oxygens (including phenoxy) is 2. The van der Waals surface area contributed by atoms with Crippen molar-refractivity contribution in [1.82, 2.24) is 0 Å². The summed E-state index contributed by atoms with van der Waals surface area (Å²) in [6.07, 6.45) is 0. The molecule has 0 spiro atoms. The van der Waals surface area contributed by atoms with E-state index in [4.69, 9.17) is 49.5 Å². The van der Waals surface area contributed by atoms with Crippen LogP contribution in [0, 0.1) is 11.3 Å². The molecule has 0 aliphatic heterocycles. The number of methoxy groups -OCH3 is 1. The van der Waals surface area contributed by atoms with Gasteiger partial charge in [0.2, 0.25) is 0 Å². The van der Waals surface area contributed by atoms with Gasteiger partial charge in [0.1, 0.15) is 6.61 Å². The van der Waals surface area contributed by atoms with Gasteiger partial charge in [-0.1, -0.05) is 40.9 Å². The molecular weight excluding hydrogens is 333 g/mol. The first-order chi connectivity index (χ1) is 10.0. The molecule has 2 aromatic carbocycles. The van der Waals surface area contributed by atoms with Crippen molar-refractivity contribution in [1.29, 1.82) is 5.26 Å². The van der Waals surface area contributed by atoms with Gasteiger partial charge in [-0.2, -0.15) is 5.26 Å². The summed E-state index contributed by atoms with van der Waals surface area (Å²) in [5.74, 6) is 0.781. The van der Waals surface area contributed by atoms with E-state index in [1.54, 1.807) is 24.3 Å². The Balaban J connectivity index is 2.23. The maximum atomic E-state index is 8.91. The predicted octanol–water partition coefficient (Wildman–Crippen LogP) is 5.11. The Kier molecular flexibility index (Phi) is 5.19. The average Bonchev–Trinajstić information content (AvgIpc) is 2.48. The molecular formula is C15H10Cl3NO2. The highest BCUT2D eigenvalue weighted by molar-refractivity contribution is 6.42. The topological polar surface area (TPSA) is 42.2 Å². The molecule has 6 heteroatoms.